The van der Waals surface area contributed by atoms with Crippen molar-refractivity contribution in [3.8, 4) is 11.3 Å². The van der Waals surface area contributed by atoms with Gasteiger partial charge in [0.15, 0.2) is 14.5 Å². The van der Waals surface area contributed by atoms with E-state index in [1.165, 1.54) is 53.9 Å². The number of unbranched alkanes of at least 4 members (excludes halogenated alkanes) is 1. The average molecular weight is 599 g/mol. The van der Waals surface area contributed by atoms with Crippen LogP contribution in [0.3, 0.4) is 0 Å². The van der Waals surface area contributed by atoms with Crippen LogP contribution >= 0.6 is 34.4 Å². The van der Waals surface area contributed by atoms with E-state index in [2.05, 4.69) is 94.6 Å². The number of aromatic nitrogens is 3. The van der Waals surface area contributed by atoms with Gasteiger partial charge in [0.1, 0.15) is 5.69 Å². The highest BCUT2D eigenvalue weighted by Gasteiger charge is 2.21. The maximum Gasteiger partial charge on any atom is 0.252 e. The van der Waals surface area contributed by atoms with Gasteiger partial charge < -0.3 is 0 Å². The number of thiazole rings is 1. The fourth-order valence-electron chi connectivity index (χ4n) is 4.36. The second-order valence-corrected chi connectivity index (χ2v) is 13.0. The standard InChI is InChI=1S/C32H34N6S3/c1-4-6-13-24(5-2)22-39-32-37-36-30(41-32)35-34-29-28(25-20-18-23(3)19-21-25)33-31(40-29)38(26-14-9-7-10-15-26)27-16-11-8-12-17-27/h7-12,14-21,24H,4-6,13,22H2,1-3H3. The average Bonchev–Trinajstić information content (AvgIpc) is 3.65. The fraction of sp³-hybridized carbons (Fsp3) is 0.281. The summed E-state index contributed by atoms with van der Waals surface area (Å²) in [6.07, 6.45) is 4.98. The lowest BCUT2D eigenvalue weighted by atomic mass is 10.0. The van der Waals surface area contributed by atoms with Crippen LogP contribution in [0.15, 0.2) is 99.5 Å². The van der Waals surface area contributed by atoms with Crippen molar-refractivity contribution < 1.29 is 0 Å². The lowest BCUT2D eigenvalue weighted by Crippen LogP contribution is -2.09. The third-order valence-electron chi connectivity index (χ3n) is 6.75. The number of para-hydroxylation sites is 2. The maximum atomic E-state index is 5.12. The van der Waals surface area contributed by atoms with E-state index in [9.17, 15) is 0 Å². The third-order valence-corrected chi connectivity index (χ3v) is 9.85. The van der Waals surface area contributed by atoms with Crippen molar-refractivity contribution in [2.24, 2.45) is 16.1 Å². The van der Waals surface area contributed by atoms with Crippen molar-refractivity contribution in [3.63, 3.8) is 0 Å². The highest BCUT2D eigenvalue weighted by Crippen LogP contribution is 2.45. The Morgan fingerprint density at radius 3 is 2.15 bits per heavy atom. The van der Waals surface area contributed by atoms with Gasteiger partial charge >= 0.3 is 0 Å². The number of anilines is 3. The van der Waals surface area contributed by atoms with Crippen LogP contribution in [-0.2, 0) is 0 Å². The molecule has 1 unspecified atom stereocenters. The molecule has 0 aliphatic rings. The molecule has 0 bridgehead atoms. The Morgan fingerprint density at radius 2 is 1.51 bits per heavy atom. The molecule has 0 amide bonds. The zero-order valence-corrected chi connectivity index (χ0v) is 26.1. The monoisotopic (exact) mass is 598 g/mol. The molecule has 0 fully saturated rings. The molecule has 210 valence electrons. The van der Waals surface area contributed by atoms with Crippen LogP contribution < -0.4 is 4.90 Å². The minimum absolute atomic E-state index is 0.557. The van der Waals surface area contributed by atoms with Crippen LogP contribution in [0.4, 0.5) is 26.6 Å². The molecule has 0 N–H and O–H groups in total. The van der Waals surface area contributed by atoms with Crippen molar-refractivity contribution in [3.05, 3.63) is 90.5 Å². The number of aryl methyl sites for hydroxylation is 1. The molecule has 9 heteroatoms. The van der Waals surface area contributed by atoms with Gasteiger partial charge in [-0.1, -0.05) is 134 Å². The number of azo groups is 1. The molecular formula is C32H34N6S3. The molecule has 1 atom stereocenters. The molecule has 41 heavy (non-hydrogen) atoms. The van der Waals surface area contributed by atoms with Gasteiger partial charge in [-0.05, 0) is 43.5 Å². The Bertz CT molecular complexity index is 1490. The number of hydrogen-bond donors (Lipinski definition) is 0. The minimum Gasteiger partial charge on any atom is -0.286 e. The first-order chi connectivity index (χ1) is 20.1. The largest absolute Gasteiger partial charge is 0.286 e. The van der Waals surface area contributed by atoms with E-state index in [0.29, 0.717) is 11.0 Å². The third kappa shape index (κ3) is 7.67. The van der Waals surface area contributed by atoms with Gasteiger partial charge in [-0.2, -0.15) is 0 Å². The van der Waals surface area contributed by atoms with Crippen LogP contribution in [0.25, 0.3) is 11.3 Å². The predicted octanol–water partition coefficient (Wildman–Crippen LogP) is 11.2. The summed E-state index contributed by atoms with van der Waals surface area (Å²) < 4.78 is 0.942. The fourth-order valence-corrected chi connectivity index (χ4v) is 7.26. The summed E-state index contributed by atoms with van der Waals surface area (Å²) in [5.74, 6) is 1.77. The highest BCUT2D eigenvalue weighted by atomic mass is 32.2. The summed E-state index contributed by atoms with van der Waals surface area (Å²) in [4.78, 5) is 7.27. The first-order valence-electron chi connectivity index (χ1n) is 14.0. The summed E-state index contributed by atoms with van der Waals surface area (Å²) in [7, 11) is 0. The molecule has 0 spiro atoms. The van der Waals surface area contributed by atoms with Crippen molar-refractivity contribution in [1.29, 1.82) is 0 Å². The topological polar surface area (TPSA) is 66.6 Å². The zero-order chi connectivity index (χ0) is 28.4. The van der Waals surface area contributed by atoms with Crippen molar-refractivity contribution in [2.75, 3.05) is 10.7 Å². The predicted molar refractivity (Wildman–Crippen MR) is 175 cm³/mol. The number of nitrogens with zero attached hydrogens (tertiary/aromatic N) is 6. The van der Waals surface area contributed by atoms with Gasteiger partial charge in [0.2, 0.25) is 0 Å². The molecule has 3 aromatic carbocycles. The molecule has 5 rings (SSSR count). The summed E-state index contributed by atoms with van der Waals surface area (Å²) in [6, 6.07) is 28.9. The van der Waals surface area contributed by atoms with Crippen LogP contribution in [0.1, 0.15) is 45.1 Å². The second-order valence-electron chi connectivity index (χ2n) is 9.80. The van der Waals surface area contributed by atoms with Crippen LogP contribution in [0.5, 0.6) is 0 Å². The second kappa shape index (κ2) is 14.5. The van der Waals surface area contributed by atoms with E-state index in [0.717, 1.165) is 42.9 Å². The van der Waals surface area contributed by atoms with Gasteiger partial charge in [0.05, 0.1) is 0 Å². The van der Waals surface area contributed by atoms with E-state index in [-0.39, 0.29) is 0 Å². The molecule has 0 aliphatic heterocycles. The summed E-state index contributed by atoms with van der Waals surface area (Å²) >= 11 is 4.78. The van der Waals surface area contributed by atoms with Crippen molar-refractivity contribution in [1.82, 2.24) is 15.2 Å². The molecule has 0 radical (unpaired) electrons. The summed E-state index contributed by atoms with van der Waals surface area (Å²) in [6.45, 7) is 6.60. The molecule has 2 heterocycles. The zero-order valence-electron chi connectivity index (χ0n) is 23.6. The SMILES string of the molecule is CCCCC(CC)CSc1nnc(N=Nc2sc(N(c3ccccc3)c3ccccc3)nc2-c2ccc(C)cc2)s1. The van der Waals surface area contributed by atoms with Gasteiger partial charge in [0, 0.05) is 22.7 Å². The Balaban J connectivity index is 1.45. The summed E-state index contributed by atoms with van der Waals surface area (Å²) in [5, 5.41) is 20.0. The molecule has 0 aliphatic carbocycles. The maximum absolute atomic E-state index is 5.12. The van der Waals surface area contributed by atoms with Gasteiger partial charge in [0.25, 0.3) is 5.13 Å². The van der Waals surface area contributed by atoms with Crippen molar-refractivity contribution in [2.45, 2.75) is 50.8 Å². The molecule has 6 nitrogen and oxygen atoms in total. The Labute approximate surface area is 254 Å². The van der Waals surface area contributed by atoms with Crippen molar-refractivity contribution >= 4 is 61.1 Å². The number of rotatable bonds is 13. The molecule has 5 aromatic rings. The first-order valence-corrected chi connectivity index (χ1v) is 16.6. The normalized spacial score (nSPS) is 12.2. The Hall–Kier alpha value is -3.40. The van der Waals surface area contributed by atoms with E-state index in [4.69, 9.17) is 4.98 Å². The van der Waals surface area contributed by atoms with Gasteiger partial charge in [-0.25, -0.2) is 4.98 Å². The lowest BCUT2D eigenvalue weighted by Gasteiger charge is -2.22. The quantitative estimate of drug-likeness (QED) is 0.0996. The highest BCUT2D eigenvalue weighted by molar-refractivity contribution is 8.01. The van der Waals surface area contributed by atoms with Crippen LogP contribution in [0.2, 0.25) is 0 Å². The van der Waals surface area contributed by atoms with E-state index in [1.807, 2.05) is 36.4 Å². The van der Waals surface area contributed by atoms with Crippen LogP contribution in [0, 0.1) is 12.8 Å². The molecule has 0 saturated carbocycles. The van der Waals surface area contributed by atoms with Gasteiger partial charge in [-0.15, -0.1) is 20.4 Å². The minimum atomic E-state index is 0.557. The first kappa shape index (κ1) is 29.1. The number of hydrogen-bond acceptors (Lipinski definition) is 9. The number of thioether (sulfide) groups is 1. The Morgan fingerprint density at radius 1 is 0.829 bits per heavy atom. The van der Waals surface area contributed by atoms with Crippen LogP contribution in [-0.4, -0.2) is 20.9 Å². The molecule has 2 aromatic heterocycles. The Kier molecular flexibility index (Phi) is 10.3. The van der Waals surface area contributed by atoms with E-state index >= 15 is 0 Å². The molecule has 0 saturated heterocycles. The lowest BCUT2D eigenvalue weighted by molar-refractivity contribution is 0.499. The summed E-state index contributed by atoms with van der Waals surface area (Å²) in [5.41, 5.74) is 5.05. The van der Waals surface area contributed by atoms with E-state index < -0.39 is 0 Å². The van der Waals surface area contributed by atoms with E-state index in [1.54, 1.807) is 11.8 Å². The smallest absolute Gasteiger partial charge is 0.252 e. The molecular weight excluding hydrogens is 565 g/mol. The number of benzene rings is 3. The van der Waals surface area contributed by atoms with Gasteiger partial charge in [-0.3, -0.25) is 4.90 Å².